The number of aromatic nitrogens is 3. The van der Waals surface area contributed by atoms with Crippen molar-refractivity contribution in [1.29, 1.82) is 0 Å². The van der Waals surface area contributed by atoms with Gasteiger partial charge in [0.2, 0.25) is 11.5 Å². The van der Waals surface area contributed by atoms with Gasteiger partial charge < -0.3 is 15.6 Å². The Labute approximate surface area is 142 Å². The van der Waals surface area contributed by atoms with E-state index in [1.165, 1.54) is 6.07 Å². The molecular formula is C16H14ClN5O2. The van der Waals surface area contributed by atoms with Gasteiger partial charge in [-0.2, -0.15) is 0 Å². The second-order valence-corrected chi connectivity index (χ2v) is 5.43. The monoisotopic (exact) mass is 343 g/mol. The van der Waals surface area contributed by atoms with Crippen molar-refractivity contribution < 1.29 is 4.79 Å². The lowest BCUT2D eigenvalue weighted by Gasteiger charge is -2.09. The van der Waals surface area contributed by atoms with Crippen LogP contribution in [0, 0.1) is 0 Å². The van der Waals surface area contributed by atoms with Crippen molar-refractivity contribution in [2.24, 2.45) is 0 Å². The number of amides is 1. The quantitative estimate of drug-likeness (QED) is 0.613. The first kappa shape index (κ1) is 15.9. The van der Waals surface area contributed by atoms with Gasteiger partial charge in [0.1, 0.15) is 0 Å². The summed E-state index contributed by atoms with van der Waals surface area (Å²) in [5.74, 6) is 0.143. The summed E-state index contributed by atoms with van der Waals surface area (Å²) in [6, 6.07) is 7.96. The Morgan fingerprint density at radius 1 is 1.17 bits per heavy atom. The third-order valence-corrected chi connectivity index (χ3v) is 3.54. The number of nitrogens with one attached hydrogen (secondary N) is 3. The zero-order valence-electron chi connectivity index (χ0n) is 12.5. The van der Waals surface area contributed by atoms with Crippen LogP contribution in [0.2, 0.25) is 5.02 Å². The van der Waals surface area contributed by atoms with Crippen molar-refractivity contribution >= 4 is 34.4 Å². The molecule has 3 N–H and O–H groups in total. The number of anilines is 1. The van der Waals surface area contributed by atoms with Gasteiger partial charge in [-0.25, -0.2) is 9.97 Å². The van der Waals surface area contributed by atoms with E-state index in [2.05, 4.69) is 25.6 Å². The van der Waals surface area contributed by atoms with Gasteiger partial charge in [0, 0.05) is 47.5 Å². The number of benzene rings is 1. The normalized spacial score (nSPS) is 10.5. The molecule has 1 amide bonds. The fraction of sp³-hybridized carbons (Fsp3) is 0.125. The first-order valence-electron chi connectivity index (χ1n) is 7.25. The summed E-state index contributed by atoms with van der Waals surface area (Å²) in [4.78, 5) is 34.8. The second-order valence-electron chi connectivity index (χ2n) is 4.99. The Balaban J connectivity index is 1.70. The molecule has 0 atom stereocenters. The van der Waals surface area contributed by atoms with Crippen LogP contribution in [0.25, 0.3) is 10.9 Å². The number of hydrogen-bond donors (Lipinski definition) is 3. The molecule has 0 spiro atoms. The molecular weight excluding hydrogens is 330 g/mol. The number of H-pyrrole nitrogens is 1. The largest absolute Gasteiger partial charge is 0.352 e. The highest BCUT2D eigenvalue weighted by Gasteiger charge is 2.11. The molecule has 8 heteroatoms. The van der Waals surface area contributed by atoms with E-state index in [9.17, 15) is 9.59 Å². The third-order valence-electron chi connectivity index (χ3n) is 3.31. The lowest BCUT2D eigenvalue weighted by Crippen LogP contribution is -2.30. The molecule has 7 nitrogen and oxygen atoms in total. The van der Waals surface area contributed by atoms with Crippen molar-refractivity contribution in [3.8, 4) is 0 Å². The van der Waals surface area contributed by atoms with Crippen LogP contribution in [0.1, 0.15) is 10.4 Å². The lowest BCUT2D eigenvalue weighted by atomic mass is 10.1. The standard InChI is InChI=1S/C16H14ClN5O2/c17-10-2-3-13-11(8-10)12(9-14(23)22-13)15(24)18-6-7-21-16-19-4-1-5-20-16/h1-5,8-9H,6-7H2,(H,18,24)(H,22,23)(H,19,20,21). The van der Waals surface area contributed by atoms with E-state index in [4.69, 9.17) is 11.6 Å². The number of nitrogens with zero attached hydrogens (tertiary/aromatic N) is 2. The number of fused-ring (bicyclic) bond motifs is 1. The van der Waals surface area contributed by atoms with Crippen molar-refractivity contribution in [2.75, 3.05) is 18.4 Å². The van der Waals surface area contributed by atoms with E-state index in [-0.39, 0.29) is 17.0 Å². The van der Waals surface area contributed by atoms with Crippen molar-refractivity contribution in [3.63, 3.8) is 0 Å². The van der Waals surface area contributed by atoms with E-state index in [0.29, 0.717) is 35.0 Å². The van der Waals surface area contributed by atoms with Gasteiger partial charge in [0.05, 0.1) is 5.56 Å². The minimum Gasteiger partial charge on any atom is -0.352 e. The van der Waals surface area contributed by atoms with Gasteiger partial charge in [-0.1, -0.05) is 11.6 Å². The van der Waals surface area contributed by atoms with Gasteiger partial charge in [-0.3, -0.25) is 9.59 Å². The number of rotatable bonds is 5. The zero-order chi connectivity index (χ0) is 16.9. The summed E-state index contributed by atoms with van der Waals surface area (Å²) in [5, 5.41) is 6.83. The van der Waals surface area contributed by atoms with Gasteiger partial charge in [-0.15, -0.1) is 0 Å². The molecule has 3 aromatic rings. The van der Waals surface area contributed by atoms with Crippen LogP contribution in [-0.2, 0) is 0 Å². The van der Waals surface area contributed by atoms with Crippen LogP contribution in [0.4, 0.5) is 5.95 Å². The first-order chi connectivity index (χ1) is 11.6. The Morgan fingerprint density at radius 3 is 2.75 bits per heavy atom. The maximum absolute atomic E-state index is 12.4. The predicted molar refractivity (Wildman–Crippen MR) is 92.4 cm³/mol. The molecule has 0 unspecified atom stereocenters. The fourth-order valence-corrected chi connectivity index (χ4v) is 2.42. The Bertz CT molecular complexity index is 927. The van der Waals surface area contributed by atoms with Crippen LogP contribution in [-0.4, -0.2) is 33.9 Å². The van der Waals surface area contributed by atoms with Crippen LogP contribution < -0.4 is 16.2 Å². The Hall–Kier alpha value is -2.93. The molecule has 24 heavy (non-hydrogen) atoms. The molecule has 0 saturated heterocycles. The van der Waals surface area contributed by atoms with Crippen molar-refractivity contribution in [2.45, 2.75) is 0 Å². The van der Waals surface area contributed by atoms with Crippen LogP contribution in [0.5, 0.6) is 0 Å². The van der Waals surface area contributed by atoms with E-state index in [1.807, 2.05) is 0 Å². The number of aromatic amines is 1. The summed E-state index contributed by atoms with van der Waals surface area (Å²) in [6.07, 6.45) is 3.25. The smallest absolute Gasteiger partial charge is 0.252 e. The second kappa shape index (κ2) is 7.10. The number of carbonyl (C=O) groups excluding carboxylic acids is 1. The Morgan fingerprint density at radius 2 is 1.96 bits per heavy atom. The molecule has 0 bridgehead atoms. The number of halogens is 1. The fourth-order valence-electron chi connectivity index (χ4n) is 2.25. The van der Waals surface area contributed by atoms with Gasteiger partial charge >= 0.3 is 0 Å². The highest BCUT2D eigenvalue weighted by molar-refractivity contribution is 6.31. The molecule has 0 aliphatic rings. The van der Waals surface area contributed by atoms with Crippen LogP contribution in [0.15, 0.2) is 47.5 Å². The molecule has 0 radical (unpaired) electrons. The first-order valence-corrected chi connectivity index (χ1v) is 7.63. The molecule has 0 fully saturated rings. The maximum Gasteiger partial charge on any atom is 0.252 e. The zero-order valence-corrected chi connectivity index (χ0v) is 13.3. The molecule has 0 aliphatic heterocycles. The van der Waals surface area contributed by atoms with E-state index in [1.54, 1.807) is 36.7 Å². The van der Waals surface area contributed by atoms with Gasteiger partial charge in [0.25, 0.3) is 5.91 Å². The molecule has 1 aromatic carbocycles. The SMILES string of the molecule is O=C(NCCNc1ncccn1)c1cc(=O)[nH]c2ccc(Cl)cc12. The molecule has 0 aliphatic carbocycles. The molecule has 2 heterocycles. The number of carbonyl (C=O) groups is 1. The van der Waals surface area contributed by atoms with Crippen LogP contribution >= 0.6 is 11.6 Å². The topological polar surface area (TPSA) is 99.8 Å². The van der Waals surface area contributed by atoms with E-state index >= 15 is 0 Å². The van der Waals surface area contributed by atoms with Gasteiger partial charge in [-0.05, 0) is 24.3 Å². The minimum absolute atomic E-state index is 0.284. The van der Waals surface area contributed by atoms with E-state index in [0.717, 1.165) is 0 Å². The summed E-state index contributed by atoms with van der Waals surface area (Å²) < 4.78 is 0. The number of hydrogen-bond acceptors (Lipinski definition) is 5. The van der Waals surface area contributed by atoms with Crippen LogP contribution in [0.3, 0.4) is 0 Å². The van der Waals surface area contributed by atoms with Crippen molar-refractivity contribution in [1.82, 2.24) is 20.3 Å². The summed E-state index contributed by atoms with van der Waals surface area (Å²) >= 11 is 5.98. The summed E-state index contributed by atoms with van der Waals surface area (Å²) in [5.41, 5.74) is 0.505. The minimum atomic E-state index is -0.343. The molecule has 2 aromatic heterocycles. The number of pyridine rings is 1. The highest BCUT2D eigenvalue weighted by atomic mass is 35.5. The molecule has 0 saturated carbocycles. The van der Waals surface area contributed by atoms with Gasteiger partial charge in [0.15, 0.2) is 0 Å². The Kier molecular flexibility index (Phi) is 4.72. The highest BCUT2D eigenvalue weighted by Crippen LogP contribution is 2.20. The summed E-state index contributed by atoms with van der Waals surface area (Å²) in [7, 11) is 0. The molecule has 3 rings (SSSR count). The average Bonchev–Trinajstić information content (AvgIpc) is 2.59. The lowest BCUT2D eigenvalue weighted by molar-refractivity contribution is 0.0956. The third kappa shape index (κ3) is 3.69. The maximum atomic E-state index is 12.4. The average molecular weight is 344 g/mol. The summed E-state index contributed by atoms with van der Waals surface area (Å²) in [6.45, 7) is 0.809. The van der Waals surface area contributed by atoms with Crippen molar-refractivity contribution in [3.05, 3.63) is 63.7 Å². The van der Waals surface area contributed by atoms with E-state index < -0.39 is 0 Å². The predicted octanol–water partition coefficient (Wildman–Crippen LogP) is 1.81. The molecule has 122 valence electrons.